The third-order valence-electron chi connectivity index (χ3n) is 3.33. The van der Waals surface area contributed by atoms with Crippen molar-refractivity contribution in [1.29, 1.82) is 0 Å². The van der Waals surface area contributed by atoms with Crippen molar-refractivity contribution in [3.8, 4) is 5.95 Å². The molecule has 3 aromatic heterocycles. The molecule has 0 radical (unpaired) electrons. The minimum Gasteiger partial charge on any atom is -0.311 e. The molecule has 0 saturated carbocycles. The van der Waals surface area contributed by atoms with Gasteiger partial charge in [-0.2, -0.15) is 4.68 Å². The van der Waals surface area contributed by atoms with E-state index in [0.717, 1.165) is 23.5 Å². The van der Waals surface area contributed by atoms with E-state index in [-0.39, 0.29) is 0 Å². The van der Waals surface area contributed by atoms with Gasteiger partial charge in [0.2, 0.25) is 5.95 Å². The highest BCUT2D eigenvalue weighted by Crippen LogP contribution is 2.14. The van der Waals surface area contributed by atoms with Gasteiger partial charge in [-0.3, -0.25) is 4.98 Å². The molecular weight excluding hydrogens is 264 g/mol. The van der Waals surface area contributed by atoms with Crippen molar-refractivity contribution in [3.05, 3.63) is 66.7 Å². The van der Waals surface area contributed by atoms with Crippen LogP contribution in [0.25, 0.3) is 17.0 Å². The molecule has 0 fully saturated rings. The Kier molecular flexibility index (Phi) is 2.71. The third-order valence-corrected chi connectivity index (χ3v) is 3.33. The summed E-state index contributed by atoms with van der Waals surface area (Å²) in [5, 5.41) is 8.30. The number of hydrogen-bond acceptors (Lipinski definition) is 4. The van der Waals surface area contributed by atoms with Gasteiger partial charge in [-0.05, 0) is 11.6 Å². The minimum atomic E-state index is 0.739. The van der Waals surface area contributed by atoms with Crippen LogP contribution >= 0.6 is 0 Å². The molecule has 0 spiro atoms. The van der Waals surface area contributed by atoms with Crippen LogP contribution in [-0.2, 0) is 6.54 Å². The Balaban J connectivity index is 1.78. The van der Waals surface area contributed by atoms with E-state index in [9.17, 15) is 0 Å². The Morgan fingerprint density at radius 3 is 2.81 bits per heavy atom. The van der Waals surface area contributed by atoms with Gasteiger partial charge in [0.1, 0.15) is 11.0 Å². The Bertz CT molecular complexity index is 877. The van der Waals surface area contributed by atoms with E-state index in [2.05, 4.69) is 32.4 Å². The van der Waals surface area contributed by atoms with Crippen LogP contribution in [0.1, 0.15) is 5.56 Å². The van der Waals surface area contributed by atoms with Crippen LogP contribution in [0.5, 0.6) is 0 Å². The van der Waals surface area contributed by atoms with Gasteiger partial charge in [0, 0.05) is 18.6 Å². The molecule has 1 aromatic carbocycles. The first-order chi connectivity index (χ1) is 10.4. The Labute approximate surface area is 120 Å². The summed E-state index contributed by atoms with van der Waals surface area (Å²) in [6, 6.07) is 12.1. The molecule has 102 valence electrons. The maximum atomic E-state index is 4.41. The Morgan fingerprint density at radius 2 is 1.90 bits per heavy atom. The van der Waals surface area contributed by atoms with E-state index < -0.39 is 0 Å². The van der Waals surface area contributed by atoms with Gasteiger partial charge >= 0.3 is 0 Å². The molecule has 6 nitrogen and oxygen atoms in total. The molecule has 0 aliphatic rings. The summed E-state index contributed by atoms with van der Waals surface area (Å²) >= 11 is 0. The minimum absolute atomic E-state index is 0.739. The van der Waals surface area contributed by atoms with E-state index >= 15 is 0 Å². The summed E-state index contributed by atoms with van der Waals surface area (Å²) < 4.78 is 3.78. The fourth-order valence-corrected chi connectivity index (χ4v) is 2.32. The van der Waals surface area contributed by atoms with Crippen LogP contribution in [0.4, 0.5) is 0 Å². The van der Waals surface area contributed by atoms with Gasteiger partial charge in [0.25, 0.3) is 0 Å². The quantitative estimate of drug-likeness (QED) is 0.574. The fourth-order valence-electron chi connectivity index (χ4n) is 2.32. The van der Waals surface area contributed by atoms with E-state index in [1.165, 1.54) is 5.56 Å². The zero-order valence-electron chi connectivity index (χ0n) is 11.2. The summed E-state index contributed by atoms with van der Waals surface area (Å²) in [6.07, 6.45) is 7.14. The number of aromatic nitrogens is 6. The van der Waals surface area contributed by atoms with Gasteiger partial charge in [-0.1, -0.05) is 35.5 Å². The average molecular weight is 276 g/mol. The van der Waals surface area contributed by atoms with Crippen LogP contribution in [0, 0.1) is 0 Å². The highest BCUT2D eigenvalue weighted by atomic mass is 15.5. The molecule has 6 heteroatoms. The first-order valence-electron chi connectivity index (χ1n) is 6.63. The molecule has 0 aliphatic carbocycles. The summed E-state index contributed by atoms with van der Waals surface area (Å²) in [7, 11) is 0. The van der Waals surface area contributed by atoms with Crippen LogP contribution in [0.2, 0.25) is 0 Å². The van der Waals surface area contributed by atoms with Crippen molar-refractivity contribution in [3.63, 3.8) is 0 Å². The third kappa shape index (κ3) is 2.06. The maximum Gasteiger partial charge on any atom is 0.233 e. The number of fused-ring (bicyclic) bond motifs is 1. The van der Waals surface area contributed by atoms with Crippen LogP contribution < -0.4 is 0 Å². The van der Waals surface area contributed by atoms with Gasteiger partial charge < -0.3 is 4.57 Å². The number of pyridine rings is 1. The number of benzene rings is 1. The predicted octanol–water partition coefficient (Wildman–Crippen LogP) is 2.06. The molecule has 0 unspecified atom stereocenters. The highest BCUT2D eigenvalue weighted by Gasteiger charge is 2.11. The fraction of sp³-hybridized carbons (Fsp3) is 0.0667. The molecule has 0 saturated heterocycles. The Hall–Kier alpha value is -3.02. The van der Waals surface area contributed by atoms with Gasteiger partial charge in [-0.25, -0.2) is 4.98 Å². The lowest BCUT2D eigenvalue weighted by Gasteiger charge is -2.07. The van der Waals surface area contributed by atoms with E-state index in [1.54, 1.807) is 23.3 Å². The summed E-state index contributed by atoms with van der Waals surface area (Å²) in [6.45, 7) is 0.739. The van der Waals surface area contributed by atoms with Crippen molar-refractivity contribution >= 4 is 11.0 Å². The summed E-state index contributed by atoms with van der Waals surface area (Å²) in [5.74, 6) is 0.743. The van der Waals surface area contributed by atoms with Crippen molar-refractivity contribution in [2.24, 2.45) is 0 Å². The number of nitrogens with zero attached hydrogens (tertiary/aromatic N) is 6. The van der Waals surface area contributed by atoms with Gasteiger partial charge in [0.15, 0.2) is 0 Å². The largest absolute Gasteiger partial charge is 0.311 e. The van der Waals surface area contributed by atoms with Crippen LogP contribution in [0.3, 0.4) is 0 Å². The van der Waals surface area contributed by atoms with Crippen molar-refractivity contribution in [1.82, 2.24) is 29.5 Å². The molecule has 4 rings (SSSR count). The number of hydrogen-bond donors (Lipinski definition) is 0. The zero-order chi connectivity index (χ0) is 14.1. The standard InChI is InChI=1S/C15H12N6/c1-2-4-12(5-3-1)11-20-9-8-17-15(20)21-14-6-7-16-10-13(14)18-19-21/h1-10H,11H2. The Morgan fingerprint density at radius 1 is 1.00 bits per heavy atom. The molecule has 0 N–H and O–H groups in total. The molecular formula is C15H12N6. The molecule has 4 aromatic rings. The molecule has 0 atom stereocenters. The number of rotatable bonds is 3. The molecule has 21 heavy (non-hydrogen) atoms. The molecule has 0 amide bonds. The SMILES string of the molecule is c1ccc(Cn2ccnc2-n2nnc3cnccc32)cc1. The van der Waals surface area contributed by atoms with E-state index in [0.29, 0.717) is 0 Å². The lowest BCUT2D eigenvalue weighted by molar-refractivity contribution is 0.695. The van der Waals surface area contributed by atoms with Crippen molar-refractivity contribution in [2.45, 2.75) is 6.54 Å². The first kappa shape index (κ1) is 11.8. The monoisotopic (exact) mass is 276 g/mol. The molecule has 0 aliphatic heterocycles. The van der Waals surface area contributed by atoms with Crippen molar-refractivity contribution in [2.75, 3.05) is 0 Å². The van der Waals surface area contributed by atoms with Gasteiger partial charge in [0.05, 0.1) is 12.7 Å². The lowest BCUT2D eigenvalue weighted by Crippen LogP contribution is -2.08. The van der Waals surface area contributed by atoms with Crippen LogP contribution in [-0.4, -0.2) is 29.5 Å². The lowest BCUT2D eigenvalue weighted by atomic mass is 10.2. The second-order valence-electron chi connectivity index (χ2n) is 4.71. The molecule has 3 heterocycles. The second-order valence-corrected chi connectivity index (χ2v) is 4.71. The second kappa shape index (κ2) is 4.82. The van der Waals surface area contributed by atoms with Gasteiger partial charge in [-0.15, -0.1) is 5.10 Å². The highest BCUT2D eigenvalue weighted by molar-refractivity contribution is 5.74. The average Bonchev–Trinajstić information content (AvgIpc) is 3.14. The topological polar surface area (TPSA) is 61.4 Å². The zero-order valence-corrected chi connectivity index (χ0v) is 11.2. The van der Waals surface area contributed by atoms with E-state index in [1.807, 2.05) is 35.0 Å². The van der Waals surface area contributed by atoms with Crippen molar-refractivity contribution < 1.29 is 0 Å². The first-order valence-corrected chi connectivity index (χ1v) is 6.63. The predicted molar refractivity (Wildman–Crippen MR) is 78.0 cm³/mol. The van der Waals surface area contributed by atoms with E-state index in [4.69, 9.17) is 0 Å². The summed E-state index contributed by atoms with van der Waals surface area (Å²) in [5.41, 5.74) is 2.86. The normalized spacial score (nSPS) is 11.0. The molecule has 0 bridgehead atoms. The smallest absolute Gasteiger partial charge is 0.233 e. The summed E-state index contributed by atoms with van der Waals surface area (Å²) in [4.78, 5) is 8.46. The maximum absolute atomic E-state index is 4.41. The van der Waals surface area contributed by atoms with Crippen LogP contribution in [0.15, 0.2) is 61.2 Å². The number of imidazole rings is 1.